The van der Waals surface area contributed by atoms with Crippen molar-refractivity contribution in [1.82, 2.24) is 5.32 Å². The lowest BCUT2D eigenvalue weighted by Gasteiger charge is -2.23. The molecule has 1 heterocycles. The van der Waals surface area contributed by atoms with Crippen molar-refractivity contribution in [2.45, 2.75) is 38.1 Å². The van der Waals surface area contributed by atoms with Crippen LogP contribution in [-0.4, -0.2) is 23.2 Å². The Balaban J connectivity index is 2.59. The van der Waals surface area contributed by atoms with E-state index in [1.54, 1.807) is 6.92 Å². The van der Waals surface area contributed by atoms with Gasteiger partial charge in [0.2, 0.25) is 0 Å². The fraction of sp³-hybridized carbons (Fsp3) is 0.875. The Hall–Kier alpha value is -0.570. The molecular weight excluding hydrogens is 142 g/mol. The van der Waals surface area contributed by atoms with Gasteiger partial charge < -0.3 is 10.4 Å². The van der Waals surface area contributed by atoms with Crippen LogP contribution in [0.15, 0.2) is 0 Å². The standard InChI is InChI=1S/C8H15NO2/c1-8(7(10)11)5-3-2-4-6-9-8/h9H,2-6H2,1H3,(H,10,11). The molecule has 2 N–H and O–H groups in total. The Kier molecular flexibility index (Phi) is 2.49. The molecule has 64 valence electrons. The van der Waals surface area contributed by atoms with Gasteiger partial charge in [0.25, 0.3) is 0 Å². The lowest BCUT2D eigenvalue weighted by molar-refractivity contribution is -0.144. The second-order valence-corrected chi connectivity index (χ2v) is 3.37. The average Bonchev–Trinajstić information content (AvgIpc) is 2.15. The summed E-state index contributed by atoms with van der Waals surface area (Å²) >= 11 is 0. The van der Waals surface area contributed by atoms with Crippen LogP contribution in [0.2, 0.25) is 0 Å². The number of nitrogens with one attached hydrogen (secondary N) is 1. The predicted octanol–water partition coefficient (Wildman–Crippen LogP) is 0.993. The van der Waals surface area contributed by atoms with Gasteiger partial charge in [-0.3, -0.25) is 4.79 Å². The van der Waals surface area contributed by atoms with Crippen LogP contribution >= 0.6 is 0 Å². The van der Waals surface area contributed by atoms with Crippen molar-refractivity contribution in [3.8, 4) is 0 Å². The summed E-state index contributed by atoms with van der Waals surface area (Å²) in [6.07, 6.45) is 4.02. The Morgan fingerprint density at radius 1 is 1.45 bits per heavy atom. The number of carboxylic acids is 1. The molecule has 0 aromatic rings. The monoisotopic (exact) mass is 157 g/mol. The zero-order chi connectivity index (χ0) is 8.32. The van der Waals surface area contributed by atoms with Gasteiger partial charge in [-0.25, -0.2) is 0 Å². The first-order valence-electron chi connectivity index (χ1n) is 4.13. The van der Waals surface area contributed by atoms with Crippen LogP contribution in [0.1, 0.15) is 32.6 Å². The second kappa shape index (κ2) is 3.22. The summed E-state index contributed by atoms with van der Waals surface area (Å²) in [5.41, 5.74) is -0.670. The van der Waals surface area contributed by atoms with Crippen LogP contribution in [0.5, 0.6) is 0 Å². The topological polar surface area (TPSA) is 49.3 Å². The zero-order valence-electron chi connectivity index (χ0n) is 6.89. The van der Waals surface area contributed by atoms with E-state index < -0.39 is 11.5 Å². The fourth-order valence-electron chi connectivity index (χ4n) is 1.42. The summed E-state index contributed by atoms with van der Waals surface area (Å²) in [6.45, 7) is 2.60. The van der Waals surface area contributed by atoms with Crippen LogP contribution < -0.4 is 5.32 Å². The fourth-order valence-corrected chi connectivity index (χ4v) is 1.42. The molecule has 1 aliphatic rings. The maximum absolute atomic E-state index is 10.8. The summed E-state index contributed by atoms with van der Waals surface area (Å²) in [6, 6.07) is 0. The van der Waals surface area contributed by atoms with Crippen molar-refractivity contribution in [3.05, 3.63) is 0 Å². The van der Waals surface area contributed by atoms with Crippen molar-refractivity contribution in [1.29, 1.82) is 0 Å². The van der Waals surface area contributed by atoms with E-state index in [1.807, 2.05) is 0 Å². The second-order valence-electron chi connectivity index (χ2n) is 3.37. The van der Waals surface area contributed by atoms with E-state index in [2.05, 4.69) is 5.32 Å². The molecule has 0 aliphatic carbocycles. The Morgan fingerprint density at radius 2 is 2.18 bits per heavy atom. The molecule has 11 heavy (non-hydrogen) atoms. The molecule has 0 amide bonds. The van der Waals surface area contributed by atoms with Crippen LogP contribution in [0.3, 0.4) is 0 Å². The third-order valence-corrected chi connectivity index (χ3v) is 2.34. The summed E-state index contributed by atoms with van der Waals surface area (Å²) in [7, 11) is 0. The molecule has 1 aliphatic heterocycles. The third-order valence-electron chi connectivity index (χ3n) is 2.34. The van der Waals surface area contributed by atoms with Crippen molar-refractivity contribution in [2.24, 2.45) is 0 Å². The van der Waals surface area contributed by atoms with Gasteiger partial charge in [0, 0.05) is 0 Å². The lowest BCUT2D eigenvalue weighted by Crippen LogP contribution is -2.48. The molecule has 0 bridgehead atoms. The molecule has 0 saturated carbocycles. The van der Waals surface area contributed by atoms with Crippen molar-refractivity contribution >= 4 is 5.97 Å². The molecule has 1 fully saturated rings. The molecule has 0 aromatic heterocycles. The van der Waals surface area contributed by atoms with Crippen molar-refractivity contribution in [2.75, 3.05) is 6.54 Å². The van der Waals surface area contributed by atoms with E-state index in [4.69, 9.17) is 5.11 Å². The first kappa shape index (κ1) is 8.53. The number of hydrogen-bond acceptors (Lipinski definition) is 2. The van der Waals surface area contributed by atoms with Gasteiger partial charge in [-0.2, -0.15) is 0 Å². The van der Waals surface area contributed by atoms with Crippen LogP contribution in [0, 0.1) is 0 Å². The van der Waals surface area contributed by atoms with Gasteiger partial charge in [0.15, 0.2) is 0 Å². The summed E-state index contributed by atoms with van der Waals surface area (Å²) in [5.74, 6) is -0.723. The summed E-state index contributed by atoms with van der Waals surface area (Å²) < 4.78 is 0. The van der Waals surface area contributed by atoms with Gasteiger partial charge in [-0.05, 0) is 26.3 Å². The quantitative estimate of drug-likeness (QED) is 0.597. The minimum atomic E-state index is -0.723. The number of carbonyl (C=O) groups is 1. The predicted molar refractivity (Wildman–Crippen MR) is 42.5 cm³/mol. The van der Waals surface area contributed by atoms with E-state index >= 15 is 0 Å². The number of carboxylic acid groups (broad SMARTS) is 1. The highest BCUT2D eigenvalue weighted by atomic mass is 16.4. The van der Waals surface area contributed by atoms with E-state index in [9.17, 15) is 4.79 Å². The van der Waals surface area contributed by atoms with Crippen molar-refractivity contribution < 1.29 is 9.90 Å². The van der Waals surface area contributed by atoms with Gasteiger partial charge in [-0.1, -0.05) is 12.8 Å². The van der Waals surface area contributed by atoms with E-state index in [1.165, 1.54) is 0 Å². The van der Waals surface area contributed by atoms with Crippen LogP contribution in [0.25, 0.3) is 0 Å². The molecule has 3 heteroatoms. The first-order chi connectivity index (χ1) is 5.15. The maximum atomic E-state index is 10.8. The van der Waals surface area contributed by atoms with Crippen LogP contribution in [0.4, 0.5) is 0 Å². The van der Waals surface area contributed by atoms with E-state index in [0.29, 0.717) is 0 Å². The molecule has 0 spiro atoms. The van der Waals surface area contributed by atoms with Gasteiger partial charge >= 0.3 is 5.97 Å². The molecule has 1 rings (SSSR count). The molecule has 0 radical (unpaired) electrons. The zero-order valence-corrected chi connectivity index (χ0v) is 6.89. The highest BCUT2D eigenvalue weighted by Gasteiger charge is 2.32. The summed E-state index contributed by atoms with van der Waals surface area (Å²) in [4.78, 5) is 10.8. The molecular formula is C8H15NO2. The van der Waals surface area contributed by atoms with Gasteiger partial charge in [-0.15, -0.1) is 0 Å². The smallest absolute Gasteiger partial charge is 0.323 e. The average molecular weight is 157 g/mol. The van der Waals surface area contributed by atoms with Crippen molar-refractivity contribution in [3.63, 3.8) is 0 Å². The molecule has 0 aromatic carbocycles. The molecule has 3 nitrogen and oxygen atoms in total. The Labute approximate surface area is 66.8 Å². The Morgan fingerprint density at radius 3 is 2.82 bits per heavy atom. The molecule has 1 atom stereocenters. The minimum absolute atomic E-state index is 0.670. The third kappa shape index (κ3) is 1.93. The summed E-state index contributed by atoms with van der Waals surface area (Å²) in [5, 5.41) is 11.9. The first-order valence-corrected chi connectivity index (χ1v) is 4.13. The largest absolute Gasteiger partial charge is 0.480 e. The SMILES string of the molecule is CC1(C(=O)O)CCCCCN1. The Bertz CT molecular complexity index is 148. The minimum Gasteiger partial charge on any atom is -0.480 e. The maximum Gasteiger partial charge on any atom is 0.323 e. The van der Waals surface area contributed by atoms with E-state index in [0.717, 1.165) is 32.2 Å². The van der Waals surface area contributed by atoms with Gasteiger partial charge in [0.05, 0.1) is 0 Å². The number of rotatable bonds is 1. The van der Waals surface area contributed by atoms with Crippen LogP contribution in [-0.2, 0) is 4.79 Å². The highest BCUT2D eigenvalue weighted by Crippen LogP contribution is 2.18. The number of hydrogen-bond donors (Lipinski definition) is 2. The van der Waals surface area contributed by atoms with Gasteiger partial charge in [0.1, 0.15) is 5.54 Å². The molecule has 1 unspecified atom stereocenters. The van der Waals surface area contributed by atoms with E-state index in [-0.39, 0.29) is 0 Å². The highest BCUT2D eigenvalue weighted by molar-refractivity contribution is 5.78. The number of aliphatic carboxylic acids is 1. The normalized spacial score (nSPS) is 32.8. The molecule has 1 saturated heterocycles. The lowest BCUT2D eigenvalue weighted by atomic mass is 9.97.